The Balaban J connectivity index is 1.54. The highest BCUT2D eigenvalue weighted by atomic mass is 32.2. The van der Waals surface area contributed by atoms with Gasteiger partial charge in [-0.05, 0) is 48.4 Å². The molecule has 0 atom stereocenters. The van der Waals surface area contributed by atoms with E-state index in [2.05, 4.69) is 15.1 Å². The van der Waals surface area contributed by atoms with Crippen molar-refractivity contribution >= 4 is 21.6 Å². The summed E-state index contributed by atoms with van der Waals surface area (Å²) in [6.45, 7) is 0.476. The first-order valence-corrected chi connectivity index (χ1v) is 10.2. The van der Waals surface area contributed by atoms with Crippen molar-refractivity contribution in [3.05, 3.63) is 78.1 Å². The molecule has 0 aliphatic carbocycles. The second-order valence-corrected chi connectivity index (χ2v) is 7.83. The molecule has 1 aromatic heterocycles. The van der Waals surface area contributed by atoms with Gasteiger partial charge in [-0.3, -0.25) is 9.52 Å². The van der Waals surface area contributed by atoms with Crippen molar-refractivity contribution < 1.29 is 13.2 Å². The third kappa shape index (κ3) is 5.42. The number of rotatable bonds is 7. The van der Waals surface area contributed by atoms with Gasteiger partial charge in [-0.25, -0.2) is 13.1 Å². The lowest BCUT2D eigenvalue weighted by molar-refractivity contribution is 0.0954. The van der Waals surface area contributed by atoms with E-state index in [0.717, 1.165) is 17.5 Å². The lowest BCUT2D eigenvalue weighted by atomic mass is 10.1. The lowest BCUT2D eigenvalue weighted by Gasteiger charge is -2.08. The first-order valence-electron chi connectivity index (χ1n) is 8.36. The van der Waals surface area contributed by atoms with Crippen molar-refractivity contribution in [1.29, 1.82) is 0 Å². The fourth-order valence-electron chi connectivity index (χ4n) is 2.60. The molecule has 1 heterocycles. The number of carbonyl (C=O) groups excluding carboxylic acids is 1. The van der Waals surface area contributed by atoms with Crippen LogP contribution in [0.2, 0.25) is 0 Å². The maximum absolute atomic E-state index is 12.3. The number of sulfonamides is 1. The van der Waals surface area contributed by atoms with E-state index in [4.69, 9.17) is 0 Å². The van der Waals surface area contributed by atoms with Crippen molar-refractivity contribution in [3.63, 3.8) is 0 Å². The molecule has 0 saturated carbocycles. The van der Waals surface area contributed by atoms with Gasteiger partial charge in [0.15, 0.2) is 0 Å². The van der Waals surface area contributed by atoms with E-state index in [0.29, 0.717) is 24.2 Å². The topological polar surface area (TPSA) is 93.1 Å². The Kier molecular flexibility index (Phi) is 5.56. The number of hydrogen-bond donors (Lipinski definition) is 2. The van der Waals surface area contributed by atoms with Crippen molar-refractivity contribution in [2.75, 3.05) is 17.5 Å². The molecule has 2 N–H and O–H groups in total. The average molecular weight is 384 g/mol. The van der Waals surface area contributed by atoms with Crippen molar-refractivity contribution in [2.24, 2.45) is 0 Å². The van der Waals surface area contributed by atoms with Gasteiger partial charge in [0.25, 0.3) is 5.91 Å². The molecule has 0 aliphatic heterocycles. The van der Waals surface area contributed by atoms with Crippen LogP contribution in [0, 0.1) is 0 Å². The average Bonchev–Trinajstić information content (AvgIpc) is 3.16. The molecule has 2 aromatic carbocycles. The van der Waals surface area contributed by atoms with E-state index in [1.54, 1.807) is 29.1 Å². The molecule has 0 aliphatic rings. The molecular weight excluding hydrogens is 364 g/mol. The zero-order valence-corrected chi connectivity index (χ0v) is 15.6. The minimum absolute atomic E-state index is 0.250. The molecule has 140 valence electrons. The molecule has 0 bridgehead atoms. The standard InChI is InChI=1S/C19H20N4O3S/c1-27(25,26)22-17-5-2-4-16(14-17)19(24)20-12-10-15-6-8-18(9-7-15)23-13-3-11-21-23/h2-9,11,13-14,22H,10,12H2,1H3,(H,20,24). The summed E-state index contributed by atoms with van der Waals surface area (Å²) in [4.78, 5) is 12.3. The van der Waals surface area contributed by atoms with Gasteiger partial charge >= 0.3 is 0 Å². The normalized spacial score (nSPS) is 11.1. The highest BCUT2D eigenvalue weighted by Gasteiger charge is 2.08. The van der Waals surface area contributed by atoms with E-state index >= 15 is 0 Å². The fraction of sp³-hybridized carbons (Fsp3) is 0.158. The van der Waals surface area contributed by atoms with E-state index in [1.165, 1.54) is 6.07 Å². The number of amides is 1. The molecule has 1 amide bonds. The Labute approximate surface area is 158 Å². The maximum atomic E-state index is 12.3. The quantitative estimate of drug-likeness (QED) is 0.653. The van der Waals surface area contributed by atoms with Crippen LogP contribution in [0.1, 0.15) is 15.9 Å². The minimum atomic E-state index is -3.38. The smallest absolute Gasteiger partial charge is 0.251 e. The van der Waals surface area contributed by atoms with E-state index < -0.39 is 10.0 Å². The number of benzene rings is 2. The Morgan fingerprint density at radius 3 is 2.56 bits per heavy atom. The molecule has 27 heavy (non-hydrogen) atoms. The summed E-state index contributed by atoms with van der Waals surface area (Å²) in [5.74, 6) is -0.250. The molecule has 0 spiro atoms. The highest BCUT2D eigenvalue weighted by molar-refractivity contribution is 7.92. The monoisotopic (exact) mass is 384 g/mol. The number of aromatic nitrogens is 2. The van der Waals surface area contributed by atoms with Gasteiger partial charge < -0.3 is 5.32 Å². The highest BCUT2D eigenvalue weighted by Crippen LogP contribution is 2.12. The second kappa shape index (κ2) is 8.05. The molecule has 3 rings (SSSR count). The van der Waals surface area contributed by atoms with Crippen LogP contribution >= 0.6 is 0 Å². The molecule has 0 fully saturated rings. The van der Waals surface area contributed by atoms with Gasteiger partial charge in [-0.15, -0.1) is 0 Å². The van der Waals surface area contributed by atoms with Crippen LogP contribution in [0.25, 0.3) is 5.69 Å². The summed E-state index contributed by atoms with van der Waals surface area (Å²) in [5.41, 5.74) is 2.83. The van der Waals surface area contributed by atoms with Crippen LogP contribution in [0.5, 0.6) is 0 Å². The number of hydrogen-bond acceptors (Lipinski definition) is 4. The number of nitrogens with zero attached hydrogens (tertiary/aromatic N) is 2. The minimum Gasteiger partial charge on any atom is -0.352 e. The van der Waals surface area contributed by atoms with E-state index in [1.807, 2.05) is 36.5 Å². The van der Waals surface area contributed by atoms with Crippen molar-refractivity contribution in [1.82, 2.24) is 15.1 Å². The molecule has 0 unspecified atom stereocenters. The predicted octanol–water partition coefficient (Wildman–Crippen LogP) is 2.22. The fourth-order valence-corrected chi connectivity index (χ4v) is 3.15. The van der Waals surface area contributed by atoms with Crippen molar-refractivity contribution in [3.8, 4) is 5.69 Å². The third-order valence-electron chi connectivity index (χ3n) is 3.83. The Morgan fingerprint density at radius 2 is 1.89 bits per heavy atom. The Bertz CT molecular complexity index is 1010. The van der Waals surface area contributed by atoms with Crippen LogP contribution in [-0.2, 0) is 16.4 Å². The lowest BCUT2D eigenvalue weighted by Crippen LogP contribution is -2.25. The second-order valence-electron chi connectivity index (χ2n) is 6.08. The SMILES string of the molecule is CS(=O)(=O)Nc1cccc(C(=O)NCCc2ccc(-n3cccn3)cc2)c1. The Morgan fingerprint density at radius 1 is 1.11 bits per heavy atom. The zero-order chi connectivity index (χ0) is 19.3. The summed E-state index contributed by atoms with van der Waals surface area (Å²) in [7, 11) is -3.38. The summed E-state index contributed by atoms with van der Waals surface area (Å²) < 4.78 is 26.7. The summed E-state index contributed by atoms with van der Waals surface area (Å²) in [6, 6.07) is 16.2. The molecule has 8 heteroatoms. The third-order valence-corrected chi connectivity index (χ3v) is 4.44. The summed E-state index contributed by atoms with van der Waals surface area (Å²) in [5, 5.41) is 7.03. The number of carbonyl (C=O) groups is 1. The van der Waals surface area contributed by atoms with Gasteiger partial charge in [0, 0.05) is 30.2 Å². The molecular formula is C19H20N4O3S. The van der Waals surface area contributed by atoms with E-state index in [9.17, 15) is 13.2 Å². The van der Waals surface area contributed by atoms with Crippen LogP contribution in [0.4, 0.5) is 5.69 Å². The summed E-state index contributed by atoms with van der Waals surface area (Å²) in [6.07, 6.45) is 5.36. The Hall–Kier alpha value is -3.13. The van der Waals surface area contributed by atoms with Gasteiger partial charge in [0.2, 0.25) is 10.0 Å². The molecule has 3 aromatic rings. The van der Waals surface area contributed by atoms with Crippen LogP contribution in [0.15, 0.2) is 67.0 Å². The largest absolute Gasteiger partial charge is 0.352 e. The zero-order valence-electron chi connectivity index (χ0n) is 14.8. The first kappa shape index (κ1) is 18.7. The van der Waals surface area contributed by atoms with Gasteiger partial charge in [-0.2, -0.15) is 5.10 Å². The molecule has 0 radical (unpaired) electrons. The molecule has 7 nitrogen and oxygen atoms in total. The van der Waals surface area contributed by atoms with E-state index in [-0.39, 0.29) is 5.91 Å². The molecule has 0 saturated heterocycles. The number of anilines is 1. The van der Waals surface area contributed by atoms with Gasteiger partial charge in [0.1, 0.15) is 0 Å². The number of nitrogens with one attached hydrogen (secondary N) is 2. The van der Waals surface area contributed by atoms with Crippen LogP contribution in [-0.4, -0.2) is 36.9 Å². The predicted molar refractivity (Wildman–Crippen MR) is 105 cm³/mol. The van der Waals surface area contributed by atoms with Crippen LogP contribution in [0.3, 0.4) is 0 Å². The first-order chi connectivity index (χ1) is 12.9. The van der Waals surface area contributed by atoms with Gasteiger partial charge in [-0.1, -0.05) is 18.2 Å². The van der Waals surface area contributed by atoms with Crippen LogP contribution < -0.4 is 10.0 Å². The summed E-state index contributed by atoms with van der Waals surface area (Å²) >= 11 is 0. The van der Waals surface area contributed by atoms with Gasteiger partial charge in [0.05, 0.1) is 11.9 Å². The maximum Gasteiger partial charge on any atom is 0.251 e. The van der Waals surface area contributed by atoms with Crippen molar-refractivity contribution in [2.45, 2.75) is 6.42 Å².